The summed E-state index contributed by atoms with van der Waals surface area (Å²) in [5.41, 5.74) is 1.15. The van der Waals surface area contributed by atoms with Crippen molar-refractivity contribution in [1.29, 1.82) is 10.8 Å². The summed E-state index contributed by atoms with van der Waals surface area (Å²) in [6.45, 7) is 2.19. The zero-order chi connectivity index (χ0) is 23.6. The van der Waals surface area contributed by atoms with Crippen LogP contribution in [0.3, 0.4) is 0 Å². The monoisotopic (exact) mass is 492 g/mol. The lowest BCUT2D eigenvalue weighted by atomic mass is 10.2. The number of aryl methyl sites for hydroxylation is 1. The smallest absolute Gasteiger partial charge is 0.347 e. The Labute approximate surface area is 197 Å². The predicted octanol–water partition coefficient (Wildman–Crippen LogP) is 5.57. The van der Waals surface area contributed by atoms with Crippen molar-refractivity contribution >= 4 is 50.8 Å². The van der Waals surface area contributed by atoms with Crippen LogP contribution in [-0.4, -0.2) is 52.3 Å². The van der Waals surface area contributed by atoms with Crippen molar-refractivity contribution in [2.45, 2.75) is 36.9 Å². The number of hydrogen-bond acceptors (Lipinski definition) is 7. The summed E-state index contributed by atoms with van der Waals surface area (Å²) in [4.78, 5) is 14.1. The van der Waals surface area contributed by atoms with E-state index in [1.165, 1.54) is 16.6 Å². The average molecular weight is 493 g/mol. The molecule has 0 radical (unpaired) electrons. The number of alkyl halides is 3. The molecule has 0 spiro atoms. The van der Waals surface area contributed by atoms with Gasteiger partial charge in [-0.25, -0.2) is 9.97 Å². The number of aromatic nitrogens is 2. The number of nitrogens with zero attached hydrogens (tertiary/aromatic N) is 4. The molecule has 6 nitrogen and oxygen atoms in total. The second-order valence-electron chi connectivity index (χ2n) is 7.65. The van der Waals surface area contributed by atoms with Crippen molar-refractivity contribution in [3.05, 3.63) is 46.8 Å². The Kier molecular flexibility index (Phi) is 6.89. The highest BCUT2D eigenvalue weighted by Gasteiger charge is 2.41. The van der Waals surface area contributed by atoms with Gasteiger partial charge in [-0.2, -0.15) is 13.2 Å². The molecule has 2 aromatic heterocycles. The first-order valence-electron chi connectivity index (χ1n) is 10.5. The molecule has 2 N–H and O–H groups in total. The molecule has 1 aromatic carbocycles. The molecule has 0 amide bonds. The Morgan fingerprint density at radius 1 is 1.18 bits per heavy atom. The SMILES string of the molecule is CCCc1cc2c(N3CCN(C(=N)C(F)(F)F)C(=N)C3)nc(SCc3ccccc3)nc2s1. The third-order valence-electron chi connectivity index (χ3n) is 5.21. The maximum atomic E-state index is 13.0. The third-order valence-corrected chi connectivity index (χ3v) is 7.22. The van der Waals surface area contributed by atoms with E-state index < -0.39 is 12.0 Å². The van der Waals surface area contributed by atoms with Gasteiger partial charge in [0.15, 0.2) is 5.16 Å². The van der Waals surface area contributed by atoms with E-state index in [-0.39, 0.29) is 25.5 Å². The van der Waals surface area contributed by atoms with Crippen molar-refractivity contribution in [2.24, 2.45) is 0 Å². The lowest BCUT2D eigenvalue weighted by molar-refractivity contribution is -0.0671. The molecule has 0 bridgehead atoms. The normalized spacial score (nSPS) is 14.8. The molecule has 1 saturated heterocycles. The van der Waals surface area contributed by atoms with Gasteiger partial charge in [-0.1, -0.05) is 55.4 Å². The Hall–Kier alpha value is -2.66. The maximum Gasteiger partial charge on any atom is 0.449 e. The van der Waals surface area contributed by atoms with Crippen LogP contribution in [0.25, 0.3) is 10.2 Å². The molecule has 0 saturated carbocycles. The van der Waals surface area contributed by atoms with Crippen LogP contribution in [0.5, 0.6) is 0 Å². The molecule has 11 heteroatoms. The topological polar surface area (TPSA) is 80.0 Å². The Morgan fingerprint density at radius 3 is 2.61 bits per heavy atom. The summed E-state index contributed by atoms with van der Waals surface area (Å²) in [6.07, 6.45) is -2.87. The number of anilines is 1. The molecule has 3 heterocycles. The number of rotatable bonds is 6. The Morgan fingerprint density at radius 2 is 1.94 bits per heavy atom. The zero-order valence-corrected chi connectivity index (χ0v) is 19.6. The number of hydrogen-bond donors (Lipinski definition) is 2. The summed E-state index contributed by atoms with van der Waals surface area (Å²) < 4.78 is 39.0. The van der Waals surface area contributed by atoms with Gasteiger partial charge in [0.2, 0.25) is 5.84 Å². The highest BCUT2D eigenvalue weighted by atomic mass is 32.2. The van der Waals surface area contributed by atoms with Crippen LogP contribution in [0.15, 0.2) is 41.6 Å². The van der Waals surface area contributed by atoms with Gasteiger partial charge in [-0.3, -0.25) is 10.8 Å². The van der Waals surface area contributed by atoms with Crippen molar-refractivity contribution in [3.63, 3.8) is 0 Å². The summed E-state index contributed by atoms with van der Waals surface area (Å²) >= 11 is 3.12. The average Bonchev–Trinajstić information content (AvgIpc) is 3.19. The number of nitrogens with one attached hydrogen (secondary N) is 2. The zero-order valence-electron chi connectivity index (χ0n) is 17.9. The van der Waals surface area contributed by atoms with E-state index in [0.29, 0.717) is 16.7 Å². The Bertz CT molecular complexity index is 1160. The van der Waals surface area contributed by atoms with E-state index in [4.69, 9.17) is 20.8 Å². The van der Waals surface area contributed by atoms with Crippen molar-refractivity contribution < 1.29 is 13.2 Å². The van der Waals surface area contributed by atoms with Crippen LogP contribution in [0.2, 0.25) is 0 Å². The highest BCUT2D eigenvalue weighted by molar-refractivity contribution is 7.98. The van der Waals surface area contributed by atoms with Crippen LogP contribution in [0, 0.1) is 10.8 Å². The summed E-state index contributed by atoms with van der Waals surface area (Å²) in [5, 5.41) is 17.0. The fourth-order valence-corrected chi connectivity index (χ4v) is 5.59. The molecule has 4 rings (SSSR count). The molecule has 174 valence electrons. The first-order chi connectivity index (χ1) is 15.8. The largest absolute Gasteiger partial charge is 0.449 e. The quantitative estimate of drug-likeness (QED) is 0.203. The first-order valence-corrected chi connectivity index (χ1v) is 12.3. The second kappa shape index (κ2) is 9.68. The summed E-state index contributed by atoms with van der Waals surface area (Å²) in [5.74, 6) is -0.430. The number of fused-ring (bicyclic) bond motifs is 1. The third kappa shape index (κ3) is 5.30. The van der Waals surface area contributed by atoms with E-state index in [0.717, 1.165) is 33.5 Å². The highest BCUT2D eigenvalue weighted by Crippen LogP contribution is 2.35. The van der Waals surface area contributed by atoms with Gasteiger partial charge in [-0.05, 0) is 18.1 Å². The Balaban J connectivity index is 1.62. The lowest BCUT2D eigenvalue weighted by Gasteiger charge is -2.37. The minimum absolute atomic E-state index is 0.0493. The number of thiophene rings is 1. The van der Waals surface area contributed by atoms with Crippen molar-refractivity contribution in [1.82, 2.24) is 14.9 Å². The van der Waals surface area contributed by atoms with Crippen molar-refractivity contribution in [2.75, 3.05) is 24.5 Å². The molecular formula is C22H23F3N6S2. The number of piperazine rings is 1. The van der Waals surface area contributed by atoms with E-state index in [2.05, 4.69) is 13.0 Å². The molecular weight excluding hydrogens is 469 g/mol. The van der Waals surface area contributed by atoms with Crippen LogP contribution in [0.1, 0.15) is 23.8 Å². The van der Waals surface area contributed by atoms with E-state index in [9.17, 15) is 13.2 Å². The van der Waals surface area contributed by atoms with Crippen LogP contribution in [0.4, 0.5) is 19.0 Å². The number of amidine groups is 2. The standard InChI is InChI=1S/C22H23F3N6S2/c1-2-6-15-11-16-18(30-9-10-31(17(26)12-30)20(27)22(23,24)25)28-21(29-19(16)33-15)32-13-14-7-4-3-5-8-14/h3-5,7-8,11,26-27H,2,6,9-10,12-13H2,1H3. The fraction of sp³-hybridized carbons (Fsp3) is 0.364. The van der Waals surface area contributed by atoms with Crippen LogP contribution < -0.4 is 4.90 Å². The minimum atomic E-state index is -4.78. The maximum absolute atomic E-state index is 13.0. The molecule has 0 atom stereocenters. The van der Waals surface area contributed by atoms with Crippen LogP contribution >= 0.6 is 23.1 Å². The second-order valence-corrected chi connectivity index (χ2v) is 9.71. The molecule has 3 aromatic rings. The van der Waals surface area contributed by atoms with Gasteiger partial charge in [0.1, 0.15) is 16.5 Å². The predicted molar refractivity (Wildman–Crippen MR) is 128 cm³/mol. The molecule has 1 aliphatic heterocycles. The molecule has 1 aliphatic rings. The molecule has 1 fully saturated rings. The first kappa shape index (κ1) is 23.5. The van der Waals surface area contributed by atoms with Gasteiger partial charge >= 0.3 is 6.18 Å². The van der Waals surface area contributed by atoms with Crippen LogP contribution in [-0.2, 0) is 12.2 Å². The number of benzene rings is 1. The van der Waals surface area contributed by atoms with Crippen molar-refractivity contribution in [3.8, 4) is 0 Å². The minimum Gasteiger partial charge on any atom is -0.347 e. The van der Waals surface area contributed by atoms with Gasteiger partial charge in [0.25, 0.3) is 0 Å². The molecule has 0 aliphatic carbocycles. The fourth-order valence-electron chi connectivity index (χ4n) is 3.62. The van der Waals surface area contributed by atoms with E-state index >= 15 is 0 Å². The number of thioether (sulfide) groups is 1. The van der Waals surface area contributed by atoms with Gasteiger partial charge in [0.05, 0.1) is 11.9 Å². The van der Waals surface area contributed by atoms with E-state index in [1.54, 1.807) is 11.3 Å². The lowest BCUT2D eigenvalue weighted by Crippen LogP contribution is -2.55. The summed E-state index contributed by atoms with van der Waals surface area (Å²) in [6, 6.07) is 12.0. The molecule has 33 heavy (non-hydrogen) atoms. The van der Waals surface area contributed by atoms with Gasteiger partial charge in [0, 0.05) is 23.7 Å². The van der Waals surface area contributed by atoms with Gasteiger partial charge in [-0.15, -0.1) is 11.3 Å². The summed E-state index contributed by atoms with van der Waals surface area (Å²) in [7, 11) is 0. The molecule has 0 unspecified atom stereocenters. The van der Waals surface area contributed by atoms with E-state index in [1.807, 2.05) is 35.2 Å². The van der Waals surface area contributed by atoms with Gasteiger partial charge < -0.3 is 9.80 Å². The number of halogens is 3.